The molecule has 0 aliphatic heterocycles. The molecule has 0 aliphatic carbocycles. The molecule has 5 nitrogen and oxygen atoms in total. The molecule has 0 radical (unpaired) electrons. The van der Waals surface area contributed by atoms with Gasteiger partial charge in [0.2, 0.25) is 10.0 Å². The standard InChI is InChI=1S/C18H21FN2O3S/c1-4-13(3)21-25(23,24)16-8-5-14(6-9-16)18(22)20-17-10-7-15(19)11-12(17)2/h5-11,13,21H,4H2,1-3H3,(H,20,22). The molecule has 0 aliphatic rings. The highest BCUT2D eigenvalue weighted by Crippen LogP contribution is 2.18. The molecule has 0 heterocycles. The SMILES string of the molecule is CCC(C)NS(=O)(=O)c1ccc(C(=O)Nc2ccc(F)cc2C)cc1. The van der Waals surface area contributed by atoms with Gasteiger partial charge in [-0.3, -0.25) is 4.79 Å². The van der Waals surface area contributed by atoms with Crippen LogP contribution in [0.1, 0.15) is 36.2 Å². The number of carbonyl (C=O) groups excluding carboxylic acids is 1. The van der Waals surface area contributed by atoms with Gasteiger partial charge < -0.3 is 5.32 Å². The smallest absolute Gasteiger partial charge is 0.255 e. The lowest BCUT2D eigenvalue weighted by atomic mass is 10.1. The summed E-state index contributed by atoms with van der Waals surface area (Å²) in [6.07, 6.45) is 0.677. The Morgan fingerprint density at radius 2 is 1.80 bits per heavy atom. The zero-order chi connectivity index (χ0) is 18.6. The summed E-state index contributed by atoms with van der Waals surface area (Å²) in [5.74, 6) is -0.771. The average Bonchev–Trinajstić information content (AvgIpc) is 2.57. The lowest BCUT2D eigenvalue weighted by Gasteiger charge is -2.12. The highest BCUT2D eigenvalue weighted by Gasteiger charge is 2.17. The molecule has 1 atom stereocenters. The maximum absolute atomic E-state index is 13.1. The van der Waals surface area contributed by atoms with E-state index in [1.165, 1.54) is 42.5 Å². The number of hydrogen-bond acceptors (Lipinski definition) is 3. The van der Waals surface area contributed by atoms with Crippen molar-refractivity contribution in [2.75, 3.05) is 5.32 Å². The fourth-order valence-corrected chi connectivity index (χ4v) is 3.49. The molecule has 2 N–H and O–H groups in total. The summed E-state index contributed by atoms with van der Waals surface area (Å²) >= 11 is 0. The number of halogens is 1. The van der Waals surface area contributed by atoms with Crippen LogP contribution in [0.2, 0.25) is 0 Å². The maximum atomic E-state index is 13.1. The van der Waals surface area contributed by atoms with Crippen LogP contribution in [-0.4, -0.2) is 20.4 Å². The normalized spacial score (nSPS) is 12.6. The van der Waals surface area contributed by atoms with Crippen LogP contribution in [0.25, 0.3) is 0 Å². The minimum absolute atomic E-state index is 0.0994. The molecular weight excluding hydrogens is 343 g/mol. The Labute approximate surface area is 147 Å². The molecule has 1 unspecified atom stereocenters. The molecule has 0 aromatic heterocycles. The van der Waals surface area contributed by atoms with Crippen LogP contribution in [0.15, 0.2) is 47.4 Å². The van der Waals surface area contributed by atoms with Crippen molar-refractivity contribution in [3.05, 3.63) is 59.4 Å². The van der Waals surface area contributed by atoms with Gasteiger partial charge in [0.25, 0.3) is 5.91 Å². The third kappa shape index (κ3) is 4.87. The number of sulfonamides is 1. The van der Waals surface area contributed by atoms with Gasteiger partial charge in [-0.05, 0) is 68.3 Å². The summed E-state index contributed by atoms with van der Waals surface area (Å²) in [5.41, 5.74) is 1.41. The van der Waals surface area contributed by atoms with Gasteiger partial charge in [-0.2, -0.15) is 0 Å². The van der Waals surface area contributed by atoms with Crippen molar-refractivity contribution < 1.29 is 17.6 Å². The molecule has 134 valence electrons. The van der Waals surface area contributed by atoms with Gasteiger partial charge in [-0.25, -0.2) is 17.5 Å². The van der Waals surface area contributed by atoms with Crippen molar-refractivity contribution in [2.24, 2.45) is 0 Å². The molecular formula is C18H21FN2O3S. The van der Waals surface area contributed by atoms with Gasteiger partial charge in [-0.15, -0.1) is 0 Å². The number of hydrogen-bond donors (Lipinski definition) is 2. The Kier molecular flexibility index (Phi) is 5.92. The van der Waals surface area contributed by atoms with E-state index < -0.39 is 15.9 Å². The molecule has 0 fully saturated rings. The van der Waals surface area contributed by atoms with Crippen LogP contribution in [0.4, 0.5) is 10.1 Å². The lowest BCUT2D eigenvalue weighted by Crippen LogP contribution is -2.32. The van der Waals surface area contributed by atoms with Crippen molar-refractivity contribution in [2.45, 2.75) is 38.1 Å². The van der Waals surface area contributed by atoms with Crippen LogP contribution in [0, 0.1) is 12.7 Å². The van der Waals surface area contributed by atoms with Gasteiger partial charge in [0.1, 0.15) is 5.82 Å². The van der Waals surface area contributed by atoms with Crippen LogP contribution in [-0.2, 0) is 10.0 Å². The Morgan fingerprint density at radius 3 is 2.36 bits per heavy atom. The summed E-state index contributed by atoms with van der Waals surface area (Å²) in [7, 11) is -3.61. The minimum atomic E-state index is -3.61. The van der Waals surface area contributed by atoms with E-state index in [9.17, 15) is 17.6 Å². The number of aryl methyl sites for hydroxylation is 1. The first-order chi connectivity index (χ1) is 11.7. The second-order valence-electron chi connectivity index (χ2n) is 5.87. The molecule has 0 saturated heterocycles. The minimum Gasteiger partial charge on any atom is -0.322 e. The molecule has 1 amide bonds. The molecule has 2 aromatic carbocycles. The quantitative estimate of drug-likeness (QED) is 0.824. The van der Waals surface area contributed by atoms with Crippen molar-refractivity contribution in [3.8, 4) is 0 Å². The van der Waals surface area contributed by atoms with E-state index >= 15 is 0 Å². The van der Waals surface area contributed by atoms with E-state index in [0.29, 0.717) is 23.2 Å². The van der Waals surface area contributed by atoms with E-state index in [-0.39, 0.29) is 16.8 Å². The summed E-state index contributed by atoms with van der Waals surface area (Å²) < 4.78 is 40.1. The summed E-state index contributed by atoms with van der Waals surface area (Å²) in [6, 6.07) is 9.56. The highest BCUT2D eigenvalue weighted by atomic mass is 32.2. The number of anilines is 1. The largest absolute Gasteiger partial charge is 0.322 e. The first-order valence-electron chi connectivity index (χ1n) is 7.93. The third-order valence-electron chi connectivity index (χ3n) is 3.83. The first-order valence-corrected chi connectivity index (χ1v) is 9.41. The van der Waals surface area contributed by atoms with Crippen LogP contribution >= 0.6 is 0 Å². The molecule has 25 heavy (non-hydrogen) atoms. The van der Waals surface area contributed by atoms with Crippen LogP contribution < -0.4 is 10.0 Å². The number of rotatable bonds is 6. The van der Waals surface area contributed by atoms with Crippen molar-refractivity contribution in [1.82, 2.24) is 4.72 Å². The molecule has 0 bridgehead atoms. The number of amides is 1. The molecule has 0 saturated carbocycles. The Balaban J connectivity index is 2.15. The Bertz CT molecular complexity index is 864. The zero-order valence-electron chi connectivity index (χ0n) is 14.3. The topological polar surface area (TPSA) is 75.3 Å². The lowest BCUT2D eigenvalue weighted by molar-refractivity contribution is 0.102. The van der Waals surface area contributed by atoms with Gasteiger partial charge in [0.05, 0.1) is 4.90 Å². The maximum Gasteiger partial charge on any atom is 0.255 e. The summed E-state index contributed by atoms with van der Waals surface area (Å²) in [4.78, 5) is 12.4. The summed E-state index contributed by atoms with van der Waals surface area (Å²) in [5, 5.41) is 2.68. The second-order valence-corrected chi connectivity index (χ2v) is 7.58. The van der Waals surface area contributed by atoms with E-state index in [0.717, 1.165) is 0 Å². The number of benzene rings is 2. The predicted molar refractivity (Wildman–Crippen MR) is 95.6 cm³/mol. The first kappa shape index (κ1) is 19.1. The number of carbonyl (C=O) groups is 1. The molecule has 2 rings (SSSR count). The fraction of sp³-hybridized carbons (Fsp3) is 0.278. The van der Waals surface area contributed by atoms with Crippen LogP contribution in [0.5, 0.6) is 0 Å². The van der Waals surface area contributed by atoms with E-state index in [1.54, 1.807) is 13.8 Å². The second kappa shape index (κ2) is 7.76. The van der Waals surface area contributed by atoms with E-state index in [4.69, 9.17) is 0 Å². The molecule has 2 aromatic rings. The summed E-state index contributed by atoms with van der Waals surface area (Å²) in [6.45, 7) is 5.36. The van der Waals surface area contributed by atoms with Gasteiger partial charge in [-0.1, -0.05) is 6.92 Å². The van der Waals surface area contributed by atoms with Crippen molar-refractivity contribution in [3.63, 3.8) is 0 Å². The Morgan fingerprint density at radius 1 is 1.16 bits per heavy atom. The van der Waals surface area contributed by atoms with Crippen LogP contribution in [0.3, 0.4) is 0 Å². The van der Waals surface area contributed by atoms with Gasteiger partial charge in [0.15, 0.2) is 0 Å². The van der Waals surface area contributed by atoms with Gasteiger partial charge in [0, 0.05) is 17.3 Å². The average molecular weight is 364 g/mol. The van der Waals surface area contributed by atoms with E-state index in [1.807, 2.05) is 6.92 Å². The fourth-order valence-electron chi connectivity index (χ4n) is 2.16. The monoisotopic (exact) mass is 364 g/mol. The molecule has 0 spiro atoms. The number of nitrogens with one attached hydrogen (secondary N) is 2. The Hall–Kier alpha value is -2.25. The predicted octanol–water partition coefficient (Wildman–Crippen LogP) is 3.46. The van der Waals surface area contributed by atoms with Gasteiger partial charge >= 0.3 is 0 Å². The third-order valence-corrected chi connectivity index (χ3v) is 5.44. The zero-order valence-corrected chi connectivity index (χ0v) is 15.2. The molecule has 7 heteroatoms. The highest BCUT2D eigenvalue weighted by molar-refractivity contribution is 7.89. The van der Waals surface area contributed by atoms with Crippen molar-refractivity contribution >= 4 is 21.6 Å². The van der Waals surface area contributed by atoms with E-state index in [2.05, 4.69) is 10.0 Å². The van der Waals surface area contributed by atoms with Crippen molar-refractivity contribution in [1.29, 1.82) is 0 Å².